The van der Waals surface area contributed by atoms with Crippen LogP contribution < -0.4 is 0 Å². The van der Waals surface area contributed by atoms with E-state index < -0.39 is 0 Å². The second-order valence-corrected chi connectivity index (χ2v) is 6.79. The van der Waals surface area contributed by atoms with Crippen molar-refractivity contribution in [3.63, 3.8) is 0 Å². The molecule has 20 heavy (non-hydrogen) atoms. The molecule has 2 fully saturated rings. The molecular formula is C15H19N3OS. The minimum absolute atomic E-state index is 0.652. The van der Waals surface area contributed by atoms with Gasteiger partial charge in [-0.3, -0.25) is 4.90 Å². The van der Waals surface area contributed by atoms with E-state index in [2.05, 4.69) is 27.3 Å². The first-order chi connectivity index (χ1) is 9.81. The zero-order valence-corrected chi connectivity index (χ0v) is 12.5. The van der Waals surface area contributed by atoms with Crippen molar-refractivity contribution >= 4 is 11.3 Å². The monoisotopic (exact) mass is 289 g/mol. The first-order valence-electron chi connectivity index (χ1n) is 7.42. The van der Waals surface area contributed by atoms with Crippen molar-refractivity contribution in [2.45, 2.75) is 51.2 Å². The molecule has 0 radical (unpaired) electrons. The number of hydrogen-bond acceptors (Lipinski definition) is 5. The topological polar surface area (TPSA) is 42.2 Å². The van der Waals surface area contributed by atoms with Gasteiger partial charge in [-0.2, -0.15) is 16.3 Å². The molecule has 4 rings (SSSR count). The molecule has 2 aliphatic carbocycles. The third-order valence-electron chi connectivity index (χ3n) is 4.41. The van der Waals surface area contributed by atoms with E-state index in [-0.39, 0.29) is 0 Å². The summed E-state index contributed by atoms with van der Waals surface area (Å²) in [7, 11) is 0. The predicted octanol–water partition coefficient (Wildman–Crippen LogP) is 3.56. The minimum Gasteiger partial charge on any atom is -0.338 e. The third kappa shape index (κ3) is 2.52. The van der Waals surface area contributed by atoms with Gasteiger partial charge < -0.3 is 4.52 Å². The highest BCUT2D eigenvalue weighted by molar-refractivity contribution is 7.08. The van der Waals surface area contributed by atoms with Crippen LogP contribution in [0.25, 0.3) is 11.4 Å². The maximum atomic E-state index is 5.45. The summed E-state index contributed by atoms with van der Waals surface area (Å²) >= 11 is 1.66. The van der Waals surface area contributed by atoms with Gasteiger partial charge in [-0.1, -0.05) is 5.16 Å². The van der Waals surface area contributed by atoms with E-state index in [0.717, 1.165) is 35.8 Å². The summed E-state index contributed by atoms with van der Waals surface area (Å²) in [4.78, 5) is 7.12. The van der Waals surface area contributed by atoms with E-state index >= 15 is 0 Å². The van der Waals surface area contributed by atoms with Crippen LogP contribution in [0.15, 0.2) is 21.3 Å². The summed E-state index contributed by atoms with van der Waals surface area (Å²) in [5, 5.41) is 8.20. The Morgan fingerprint density at radius 2 is 2.25 bits per heavy atom. The number of hydrogen-bond donors (Lipinski definition) is 0. The molecule has 0 aliphatic heterocycles. The van der Waals surface area contributed by atoms with Gasteiger partial charge in [0.15, 0.2) is 0 Å². The van der Waals surface area contributed by atoms with Crippen molar-refractivity contribution in [1.29, 1.82) is 0 Å². The number of nitrogens with zero attached hydrogens (tertiary/aromatic N) is 3. The van der Waals surface area contributed by atoms with Crippen molar-refractivity contribution in [3.05, 3.63) is 22.7 Å². The highest BCUT2D eigenvalue weighted by atomic mass is 32.1. The SMILES string of the molecule is CC(C1CC1)N(Cc1nc(-c2ccsc2)no1)C1CC1. The van der Waals surface area contributed by atoms with Gasteiger partial charge in [0.1, 0.15) is 0 Å². The molecule has 0 bridgehead atoms. The molecule has 1 unspecified atom stereocenters. The van der Waals surface area contributed by atoms with Gasteiger partial charge in [-0.05, 0) is 50.0 Å². The number of rotatable bonds is 6. The lowest BCUT2D eigenvalue weighted by atomic mass is 10.2. The van der Waals surface area contributed by atoms with Crippen LogP contribution in [0, 0.1) is 5.92 Å². The van der Waals surface area contributed by atoms with Crippen LogP contribution in [0.5, 0.6) is 0 Å². The van der Waals surface area contributed by atoms with E-state index in [0.29, 0.717) is 6.04 Å². The Morgan fingerprint density at radius 3 is 2.90 bits per heavy atom. The summed E-state index contributed by atoms with van der Waals surface area (Å²) in [5.74, 6) is 2.36. The summed E-state index contributed by atoms with van der Waals surface area (Å²) in [6, 6.07) is 3.42. The van der Waals surface area contributed by atoms with Gasteiger partial charge in [-0.25, -0.2) is 0 Å². The van der Waals surface area contributed by atoms with Crippen LogP contribution in [0.2, 0.25) is 0 Å². The van der Waals surface area contributed by atoms with Crippen molar-refractivity contribution in [2.24, 2.45) is 5.92 Å². The van der Waals surface area contributed by atoms with E-state index in [1.807, 2.05) is 11.4 Å². The fourth-order valence-corrected chi connectivity index (χ4v) is 3.48. The Kier molecular flexibility index (Phi) is 3.11. The Labute approximate surface area is 122 Å². The van der Waals surface area contributed by atoms with E-state index in [4.69, 9.17) is 4.52 Å². The standard InChI is InChI=1S/C15H19N3OS/c1-10(11-2-3-11)18(13-4-5-13)8-14-16-15(17-19-14)12-6-7-20-9-12/h6-7,9-11,13H,2-5,8H2,1H3. The second-order valence-electron chi connectivity index (χ2n) is 6.01. The van der Waals surface area contributed by atoms with Crippen LogP contribution in [0.4, 0.5) is 0 Å². The Morgan fingerprint density at radius 1 is 1.40 bits per heavy atom. The quantitative estimate of drug-likeness (QED) is 0.815. The van der Waals surface area contributed by atoms with Crippen LogP contribution in [0.3, 0.4) is 0 Å². The molecule has 1 atom stereocenters. The molecule has 2 aliphatic rings. The molecule has 0 saturated heterocycles. The lowest BCUT2D eigenvalue weighted by Gasteiger charge is -2.27. The maximum Gasteiger partial charge on any atom is 0.241 e. The van der Waals surface area contributed by atoms with E-state index in [1.54, 1.807) is 11.3 Å². The Balaban J connectivity index is 1.49. The zero-order valence-electron chi connectivity index (χ0n) is 11.7. The molecular weight excluding hydrogens is 270 g/mol. The highest BCUT2D eigenvalue weighted by Crippen LogP contribution is 2.40. The fourth-order valence-electron chi connectivity index (χ4n) is 2.85. The normalized spacial score (nSPS) is 20.5. The summed E-state index contributed by atoms with van der Waals surface area (Å²) in [6.07, 6.45) is 5.41. The van der Waals surface area contributed by atoms with E-state index in [9.17, 15) is 0 Å². The van der Waals surface area contributed by atoms with Gasteiger partial charge in [0.05, 0.1) is 6.54 Å². The van der Waals surface area contributed by atoms with Crippen molar-refractivity contribution < 1.29 is 4.52 Å². The first-order valence-corrected chi connectivity index (χ1v) is 8.36. The van der Waals surface area contributed by atoms with Gasteiger partial charge in [0.25, 0.3) is 0 Å². The lowest BCUT2D eigenvalue weighted by molar-refractivity contribution is 0.149. The van der Waals surface area contributed by atoms with Gasteiger partial charge in [0.2, 0.25) is 11.7 Å². The number of thiophene rings is 1. The first kappa shape index (κ1) is 12.5. The van der Waals surface area contributed by atoms with Gasteiger partial charge >= 0.3 is 0 Å². The molecule has 2 saturated carbocycles. The van der Waals surface area contributed by atoms with Gasteiger partial charge in [0, 0.05) is 23.0 Å². The number of aromatic nitrogens is 2. The maximum absolute atomic E-state index is 5.45. The predicted molar refractivity (Wildman–Crippen MR) is 78.4 cm³/mol. The molecule has 4 nitrogen and oxygen atoms in total. The van der Waals surface area contributed by atoms with Crippen LogP contribution >= 0.6 is 11.3 Å². The van der Waals surface area contributed by atoms with Crippen molar-refractivity contribution in [1.82, 2.24) is 15.0 Å². The van der Waals surface area contributed by atoms with Crippen molar-refractivity contribution in [3.8, 4) is 11.4 Å². The third-order valence-corrected chi connectivity index (χ3v) is 5.09. The second kappa shape index (κ2) is 4.97. The molecule has 2 heterocycles. The zero-order chi connectivity index (χ0) is 13.5. The minimum atomic E-state index is 0.652. The van der Waals surface area contributed by atoms with Crippen LogP contribution in [-0.2, 0) is 6.54 Å². The molecule has 2 aromatic rings. The average molecular weight is 289 g/mol. The van der Waals surface area contributed by atoms with Gasteiger partial charge in [-0.15, -0.1) is 0 Å². The summed E-state index contributed by atoms with van der Waals surface area (Å²) in [5.41, 5.74) is 1.05. The average Bonchev–Trinajstić information content (AvgIpc) is 3.37. The smallest absolute Gasteiger partial charge is 0.241 e. The molecule has 0 aromatic carbocycles. The molecule has 0 N–H and O–H groups in total. The largest absolute Gasteiger partial charge is 0.338 e. The van der Waals surface area contributed by atoms with E-state index in [1.165, 1.54) is 25.7 Å². The molecule has 5 heteroatoms. The lowest BCUT2D eigenvalue weighted by Crippen LogP contribution is -2.36. The Hall–Kier alpha value is -1.20. The molecule has 106 valence electrons. The van der Waals surface area contributed by atoms with Crippen LogP contribution in [-0.4, -0.2) is 27.1 Å². The molecule has 2 aromatic heterocycles. The molecule has 0 amide bonds. The summed E-state index contributed by atoms with van der Waals surface area (Å²) < 4.78 is 5.45. The van der Waals surface area contributed by atoms with Crippen LogP contribution in [0.1, 0.15) is 38.5 Å². The fraction of sp³-hybridized carbons (Fsp3) is 0.600. The summed E-state index contributed by atoms with van der Waals surface area (Å²) in [6.45, 7) is 3.16. The molecule has 0 spiro atoms. The van der Waals surface area contributed by atoms with Crippen molar-refractivity contribution in [2.75, 3.05) is 0 Å². The Bertz CT molecular complexity index is 572. The highest BCUT2D eigenvalue weighted by Gasteiger charge is 2.39.